The van der Waals surface area contributed by atoms with E-state index < -0.39 is 5.82 Å². The van der Waals surface area contributed by atoms with Gasteiger partial charge in [0.05, 0.1) is 6.61 Å². The van der Waals surface area contributed by atoms with E-state index in [0.717, 1.165) is 17.8 Å². The van der Waals surface area contributed by atoms with Crippen molar-refractivity contribution in [1.29, 1.82) is 0 Å². The van der Waals surface area contributed by atoms with E-state index in [9.17, 15) is 9.18 Å². The number of carbonyl (C=O) groups is 1. The molecule has 0 radical (unpaired) electrons. The van der Waals surface area contributed by atoms with Gasteiger partial charge in [0, 0.05) is 12.5 Å². The summed E-state index contributed by atoms with van der Waals surface area (Å²) >= 11 is 1.16. The van der Waals surface area contributed by atoms with Crippen LogP contribution in [0.15, 0.2) is 11.4 Å². The van der Waals surface area contributed by atoms with E-state index in [1.807, 2.05) is 0 Å². The van der Waals surface area contributed by atoms with Crippen LogP contribution in [0.25, 0.3) is 0 Å². The lowest BCUT2D eigenvalue weighted by Gasteiger charge is -2.03. The summed E-state index contributed by atoms with van der Waals surface area (Å²) in [5.41, 5.74) is 0. The van der Waals surface area contributed by atoms with Crippen molar-refractivity contribution < 1.29 is 13.9 Å². The lowest BCUT2D eigenvalue weighted by molar-refractivity contribution is 0.0901. The first kappa shape index (κ1) is 8.84. The molecule has 0 aliphatic carbocycles. The fraction of sp³-hybridized carbons (Fsp3) is 0.444. The first-order chi connectivity index (χ1) is 6.29. The molecule has 2 heterocycles. The zero-order valence-corrected chi connectivity index (χ0v) is 7.77. The Balaban J connectivity index is 2.17. The average Bonchev–Trinajstić information content (AvgIpc) is 2.72. The van der Waals surface area contributed by atoms with Gasteiger partial charge in [0.1, 0.15) is 10.7 Å². The van der Waals surface area contributed by atoms with Crippen LogP contribution in [0.5, 0.6) is 0 Å². The van der Waals surface area contributed by atoms with E-state index in [0.29, 0.717) is 13.2 Å². The van der Waals surface area contributed by atoms with Crippen molar-refractivity contribution in [1.82, 2.24) is 0 Å². The Kier molecular flexibility index (Phi) is 2.42. The quantitative estimate of drug-likeness (QED) is 0.683. The standard InChI is InChI=1S/C9H9FO2S/c10-7-2-4-13-9(7)8(11)6-1-3-12-5-6/h2,4,6H,1,3,5H2. The predicted molar refractivity (Wildman–Crippen MR) is 47.5 cm³/mol. The molecule has 1 aromatic heterocycles. The van der Waals surface area contributed by atoms with Gasteiger partial charge in [0.15, 0.2) is 5.78 Å². The van der Waals surface area contributed by atoms with Crippen LogP contribution in [-0.2, 0) is 4.74 Å². The van der Waals surface area contributed by atoms with Gasteiger partial charge in [0.2, 0.25) is 0 Å². The molecule has 1 atom stereocenters. The second kappa shape index (κ2) is 3.55. The average molecular weight is 200 g/mol. The van der Waals surface area contributed by atoms with Crippen LogP contribution in [0.3, 0.4) is 0 Å². The third kappa shape index (κ3) is 1.64. The fourth-order valence-corrected chi connectivity index (χ4v) is 2.18. The van der Waals surface area contributed by atoms with E-state index in [1.54, 1.807) is 5.38 Å². The number of rotatable bonds is 2. The number of ether oxygens (including phenoxy) is 1. The minimum Gasteiger partial charge on any atom is -0.381 e. The highest BCUT2D eigenvalue weighted by Gasteiger charge is 2.27. The van der Waals surface area contributed by atoms with Crippen molar-refractivity contribution in [2.24, 2.45) is 5.92 Å². The van der Waals surface area contributed by atoms with Crippen LogP contribution in [-0.4, -0.2) is 19.0 Å². The van der Waals surface area contributed by atoms with Crippen LogP contribution in [0.4, 0.5) is 4.39 Å². The predicted octanol–water partition coefficient (Wildman–Crippen LogP) is 2.11. The summed E-state index contributed by atoms with van der Waals surface area (Å²) in [5.74, 6) is -0.639. The summed E-state index contributed by atoms with van der Waals surface area (Å²) in [7, 11) is 0. The number of ketones is 1. The van der Waals surface area contributed by atoms with E-state index in [4.69, 9.17) is 4.74 Å². The minimum atomic E-state index is -0.401. The first-order valence-corrected chi connectivity index (χ1v) is 5.02. The highest BCUT2D eigenvalue weighted by molar-refractivity contribution is 7.12. The van der Waals surface area contributed by atoms with Crippen molar-refractivity contribution in [2.45, 2.75) is 6.42 Å². The normalized spacial score (nSPS) is 22.1. The van der Waals surface area contributed by atoms with Gasteiger partial charge in [0.25, 0.3) is 0 Å². The molecular weight excluding hydrogens is 191 g/mol. The van der Waals surface area contributed by atoms with Crippen LogP contribution >= 0.6 is 11.3 Å². The molecule has 70 valence electrons. The Morgan fingerprint density at radius 3 is 3.08 bits per heavy atom. The topological polar surface area (TPSA) is 26.3 Å². The van der Waals surface area contributed by atoms with Crippen molar-refractivity contribution in [3.8, 4) is 0 Å². The Morgan fingerprint density at radius 2 is 2.54 bits per heavy atom. The molecule has 1 aliphatic heterocycles. The molecule has 0 spiro atoms. The number of hydrogen-bond donors (Lipinski definition) is 0. The van der Waals surface area contributed by atoms with Gasteiger partial charge in [-0.15, -0.1) is 11.3 Å². The summed E-state index contributed by atoms with van der Waals surface area (Å²) in [6.07, 6.45) is 0.718. The van der Waals surface area contributed by atoms with E-state index in [-0.39, 0.29) is 16.6 Å². The minimum absolute atomic E-state index is 0.106. The van der Waals surface area contributed by atoms with Gasteiger partial charge >= 0.3 is 0 Å². The molecule has 4 heteroatoms. The van der Waals surface area contributed by atoms with Crippen LogP contribution < -0.4 is 0 Å². The smallest absolute Gasteiger partial charge is 0.181 e. The summed E-state index contributed by atoms with van der Waals surface area (Å²) in [6, 6.07) is 1.33. The van der Waals surface area contributed by atoms with Gasteiger partial charge in [-0.25, -0.2) is 4.39 Å². The molecule has 0 bridgehead atoms. The summed E-state index contributed by atoms with van der Waals surface area (Å²) in [5, 5.41) is 1.60. The molecule has 1 saturated heterocycles. The van der Waals surface area contributed by atoms with Gasteiger partial charge in [-0.1, -0.05) is 0 Å². The molecule has 2 rings (SSSR count). The van der Waals surface area contributed by atoms with E-state index >= 15 is 0 Å². The molecule has 0 saturated carbocycles. The molecule has 1 unspecified atom stereocenters. The summed E-state index contributed by atoms with van der Waals surface area (Å²) < 4.78 is 18.1. The summed E-state index contributed by atoms with van der Waals surface area (Å²) in [6.45, 7) is 1.06. The second-order valence-electron chi connectivity index (χ2n) is 3.02. The second-order valence-corrected chi connectivity index (χ2v) is 3.94. The van der Waals surface area contributed by atoms with E-state index in [2.05, 4.69) is 0 Å². The zero-order valence-electron chi connectivity index (χ0n) is 6.96. The van der Waals surface area contributed by atoms with Crippen LogP contribution in [0.2, 0.25) is 0 Å². The third-order valence-corrected chi connectivity index (χ3v) is 3.05. The molecule has 0 N–H and O–H groups in total. The van der Waals surface area contributed by atoms with Crippen LogP contribution in [0.1, 0.15) is 16.1 Å². The molecule has 2 nitrogen and oxygen atoms in total. The molecule has 1 aliphatic rings. The Morgan fingerprint density at radius 1 is 1.69 bits per heavy atom. The number of carbonyl (C=O) groups excluding carboxylic acids is 1. The largest absolute Gasteiger partial charge is 0.381 e. The molecule has 1 fully saturated rings. The number of Topliss-reactive ketones (excluding diaryl/α,β-unsaturated/α-hetero) is 1. The monoisotopic (exact) mass is 200 g/mol. The van der Waals surface area contributed by atoms with E-state index in [1.165, 1.54) is 6.07 Å². The maximum Gasteiger partial charge on any atom is 0.181 e. The van der Waals surface area contributed by atoms with Crippen molar-refractivity contribution in [3.63, 3.8) is 0 Å². The highest BCUT2D eigenvalue weighted by Crippen LogP contribution is 2.23. The molecule has 0 aromatic carbocycles. The first-order valence-electron chi connectivity index (χ1n) is 4.14. The van der Waals surface area contributed by atoms with Crippen molar-refractivity contribution >= 4 is 17.1 Å². The molecular formula is C9H9FO2S. The van der Waals surface area contributed by atoms with Gasteiger partial charge in [-0.05, 0) is 17.9 Å². The Hall–Kier alpha value is -0.740. The Bertz CT molecular complexity index is 315. The van der Waals surface area contributed by atoms with Crippen molar-refractivity contribution in [2.75, 3.05) is 13.2 Å². The van der Waals surface area contributed by atoms with Crippen LogP contribution in [0, 0.1) is 11.7 Å². The summed E-state index contributed by atoms with van der Waals surface area (Å²) in [4.78, 5) is 11.9. The maximum atomic E-state index is 13.0. The lowest BCUT2D eigenvalue weighted by Crippen LogP contribution is -2.14. The molecule has 1 aromatic rings. The third-order valence-electron chi connectivity index (χ3n) is 2.14. The number of thiophene rings is 1. The van der Waals surface area contributed by atoms with Gasteiger partial charge in [-0.2, -0.15) is 0 Å². The highest BCUT2D eigenvalue weighted by atomic mass is 32.1. The Labute approximate surface area is 79.3 Å². The lowest BCUT2D eigenvalue weighted by atomic mass is 10.0. The maximum absolute atomic E-state index is 13.0. The number of hydrogen-bond acceptors (Lipinski definition) is 3. The molecule has 0 amide bonds. The SMILES string of the molecule is O=C(c1sccc1F)C1CCOC1. The van der Waals surface area contributed by atoms with Gasteiger partial charge < -0.3 is 4.74 Å². The zero-order chi connectivity index (χ0) is 9.26. The van der Waals surface area contributed by atoms with Gasteiger partial charge in [-0.3, -0.25) is 4.79 Å². The fourth-order valence-electron chi connectivity index (χ4n) is 1.40. The number of halogens is 1. The van der Waals surface area contributed by atoms with Crippen molar-refractivity contribution in [3.05, 3.63) is 22.1 Å². The molecule has 13 heavy (non-hydrogen) atoms.